The average molecular weight is 361 g/mol. The summed E-state index contributed by atoms with van der Waals surface area (Å²) in [5, 5.41) is 0. The Morgan fingerprint density at radius 2 is 1.38 bits per heavy atom. The van der Waals surface area contributed by atoms with Gasteiger partial charge in [0.2, 0.25) is 0 Å². The van der Waals surface area contributed by atoms with Gasteiger partial charge >= 0.3 is 0 Å². The molecular formula is C24H34F2. The van der Waals surface area contributed by atoms with Crippen molar-refractivity contribution in [3.8, 4) is 0 Å². The van der Waals surface area contributed by atoms with Crippen molar-refractivity contribution in [2.24, 2.45) is 5.92 Å². The van der Waals surface area contributed by atoms with E-state index in [4.69, 9.17) is 0 Å². The molecule has 3 rings (SSSR count). The van der Waals surface area contributed by atoms with Crippen molar-refractivity contribution in [2.45, 2.75) is 95.8 Å². The van der Waals surface area contributed by atoms with E-state index in [1.54, 1.807) is 0 Å². The van der Waals surface area contributed by atoms with Crippen LogP contribution in [0.15, 0.2) is 35.9 Å². The van der Waals surface area contributed by atoms with Gasteiger partial charge in [0.05, 0.1) is 0 Å². The molecular weight excluding hydrogens is 326 g/mol. The van der Waals surface area contributed by atoms with Gasteiger partial charge in [-0.2, -0.15) is 8.78 Å². The van der Waals surface area contributed by atoms with Crippen molar-refractivity contribution < 1.29 is 8.78 Å². The molecule has 0 unspecified atom stereocenters. The molecule has 0 aliphatic heterocycles. The first kappa shape index (κ1) is 19.6. The molecule has 26 heavy (non-hydrogen) atoms. The molecule has 1 aromatic rings. The van der Waals surface area contributed by atoms with Crippen LogP contribution in [0.3, 0.4) is 0 Å². The van der Waals surface area contributed by atoms with Gasteiger partial charge in [0.25, 0.3) is 6.08 Å². The summed E-state index contributed by atoms with van der Waals surface area (Å²) >= 11 is 0. The molecule has 1 aromatic carbocycles. The maximum atomic E-state index is 12.5. The summed E-state index contributed by atoms with van der Waals surface area (Å²) in [5.74, 6) is 1.97. The highest BCUT2D eigenvalue weighted by molar-refractivity contribution is 5.33. The van der Waals surface area contributed by atoms with Gasteiger partial charge in [-0.3, -0.25) is 0 Å². The van der Waals surface area contributed by atoms with Crippen LogP contribution in [0.2, 0.25) is 0 Å². The SMILES string of the molecule is CCCCCCCC1CCC(c2ccc(C3CC(=C(F)F)C3)cc2)CC1. The highest BCUT2D eigenvalue weighted by Gasteiger charge is 2.28. The maximum absolute atomic E-state index is 12.5. The molecule has 0 saturated heterocycles. The monoisotopic (exact) mass is 360 g/mol. The Hall–Kier alpha value is -1.18. The van der Waals surface area contributed by atoms with Gasteiger partial charge in [0.15, 0.2) is 0 Å². The van der Waals surface area contributed by atoms with Crippen molar-refractivity contribution in [3.05, 3.63) is 47.0 Å². The van der Waals surface area contributed by atoms with Gasteiger partial charge in [-0.05, 0) is 73.0 Å². The highest BCUT2D eigenvalue weighted by Crippen LogP contribution is 2.44. The standard InChI is InChI=1S/C24H34F2/c1-2-3-4-5-6-7-18-8-10-19(11-9-18)20-12-14-21(15-13-20)22-16-23(17-22)24(25)26/h12-15,18-19,22H,2-11,16-17H2,1H3. The molecule has 0 spiro atoms. The molecule has 0 amide bonds. The van der Waals surface area contributed by atoms with Crippen LogP contribution in [0.25, 0.3) is 0 Å². The number of allylic oxidation sites excluding steroid dienone is 1. The van der Waals surface area contributed by atoms with E-state index in [2.05, 4.69) is 31.2 Å². The fraction of sp³-hybridized carbons (Fsp3) is 0.667. The Bertz CT molecular complexity index is 567. The van der Waals surface area contributed by atoms with E-state index < -0.39 is 6.08 Å². The number of benzene rings is 1. The summed E-state index contributed by atoms with van der Waals surface area (Å²) in [5.41, 5.74) is 3.05. The first-order chi connectivity index (χ1) is 12.7. The van der Waals surface area contributed by atoms with Crippen LogP contribution < -0.4 is 0 Å². The summed E-state index contributed by atoms with van der Waals surface area (Å²) < 4.78 is 25.0. The number of hydrogen-bond acceptors (Lipinski definition) is 0. The number of unbranched alkanes of at least 4 members (excludes halogenated alkanes) is 4. The van der Waals surface area contributed by atoms with Gasteiger partial charge in [-0.25, -0.2) is 0 Å². The lowest BCUT2D eigenvalue weighted by atomic mass is 9.74. The van der Waals surface area contributed by atoms with E-state index in [1.807, 2.05) is 0 Å². The normalized spacial score (nSPS) is 25.8. The van der Waals surface area contributed by atoms with E-state index >= 15 is 0 Å². The first-order valence-corrected chi connectivity index (χ1v) is 10.8. The molecule has 2 aliphatic rings. The molecule has 0 aromatic heterocycles. The second-order valence-corrected chi connectivity index (χ2v) is 8.56. The molecule has 0 bridgehead atoms. The average Bonchev–Trinajstić information content (AvgIpc) is 2.61. The largest absolute Gasteiger partial charge is 0.269 e. The van der Waals surface area contributed by atoms with Crippen LogP contribution in [0.4, 0.5) is 8.78 Å². The summed E-state index contributed by atoms with van der Waals surface area (Å²) in [6, 6.07) is 8.90. The van der Waals surface area contributed by atoms with Crippen LogP contribution in [-0.2, 0) is 0 Å². The van der Waals surface area contributed by atoms with Crippen LogP contribution in [0.5, 0.6) is 0 Å². The first-order valence-electron chi connectivity index (χ1n) is 10.8. The van der Waals surface area contributed by atoms with Gasteiger partial charge < -0.3 is 0 Å². The van der Waals surface area contributed by atoms with Gasteiger partial charge in [0, 0.05) is 0 Å². The Balaban J connectivity index is 1.40. The van der Waals surface area contributed by atoms with E-state index in [-0.39, 0.29) is 0 Å². The zero-order valence-corrected chi connectivity index (χ0v) is 16.3. The highest BCUT2D eigenvalue weighted by atomic mass is 19.3. The Kier molecular flexibility index (Phi) is 7.28. The second-order valence-electron chi connectivity index (χ2n) is 8.56. The van der Waals surface area contributed by atoms with Crippen LogP contribution in [0.1, 0.15) is 107 Å². The van der Waals surface area contributed by atoms with Crippen molar-refractivity contribution in [3.63, 3.8) is 0 Å². The third-order valence-electron chi connectivity index (χ3n) is 6.69. The van der Waals surface area contributed by atoms with E-state index in [9.17, 15) is 8.78 Å². The molecule has 2 saturated carbocycles. The maximum Gasteiger partial charge on any atom is 0.269 e. The lowest BCUT2D eigenvalue weighted by Crippen LogP contribution is -2.15. The second kappa shape index (κ2) is 9.67. The molecule has 2 fully saturated rings. The topological polar surface area (TPSA) is 0 Å². The molecule has 0 nitrogen and oxygen atoms in total. The molecule has 0 N–H and O–H groups in total. The van der Waals surface area contributed by atoms with Gasteiger partial charge in [-0.1, -0.05) is 69.7 Å². The minimum absolute atomic E-state index is 0.309. The molecule has 2 aliphatic carbocycles. The quantitative estimate of drug-likeness (QED) is 0.409. The van der Waals surface area contributed by atoms with E-state index in [0.717, 1.165) is 5.92 Å². The minimum atomic E-state index is -1.46. The summed E-state index contributed by atoms with van der Waals surface area (Å²) in [6.07, 6.45) is 13.4. The Morgan fingerprint density at radius 3 is 1.96 bits per heavy atom. The third kappa shape index (κ3) is 5.18. The minimum Gasteiger partial charge on any atom is -0.173 e. The fourth-order valence-corrected chi connectivity index (χ4v) is 4.79. The van der Waals surface area contributed by atoms with E-state index in [0.29, 0.717) is 30.3 Å². The lowest BCUT2D eigenvalue weighted by Gasteiger charge is -2.30. The van der Waals surface area contributed by atoms with Crippen LogP contribution in [-0.4, -0.2) is 0 Å². The molecule has 0 heterocycles. The lowest BCUT2D eigenvalue weighted by molar-refractivity contribution is 0.302. The molecule has 144 valence electrons. The number of hydrogen-bond donors (Lipinski definition) is 0. The van der Waals surface area contributed by atoms with Crippen LogP contribution >= 0.6 is 0 Å². The summed E-state index contributed by atoms with van der Waals surface area (Å²) in [7, 11) is 0. The van der Waals surface area contributed by atoms with Crippen molar-refractivity contribution in [1.29, 1.82) is 0 Å². The Labute approximate surface area is 158 Å². The van der Waals surface area contributed by atoms with Crippen molar-refractivity contribution >= 4 is 0 Å². The zero-order valence-electron chi connectivity index (χ0n) is 16.3. The zero-order chi connectivity index (χ0) is 18.4. The smallest absolute Gasteiger partial charge is 0.173 e. The Morgan fingerprint density at radius 1 is 0.808 bits per heavy atom. The van der Waals surface area contributed by atoms with Gasteiger partial charge in [0.1, 0.15) is 0 Å². The van der Waals surface area contributed by atoms with Crippen molar-refractivity contribution in [2.75, 3.05) is 0 Å². The predicted octanol–water partition coefficient (Wildman–Crippen LogP) is 8.35. The van der Waals surface area contributed by atoms with Crippen molar-refractivity contribution in [1.82, 2.24) is 0 Å². The van der Waals surface area contributed by atoms with E-state index in [1.165, 1.54) is 75.3 Å². The summed E-state index contributed by atoms with van der Waals surface area (Å²) in [4.78, 5) is 0. The number of halogens is 2. The molecule has 2 heteroatoms. The molecule has 0 radical (unpaired) electrons. The predicted molar refractivity (Wildman–Crippen MR) is 106 cm³/mol. The third-order valence-corrected chi connectivity index (χ3v) is 6.69. The fourth-order valence-electron chi connectivity index (χ4n) is 4.79. The molecule has 0 atom stereocenters. The van der Waals surface area contributed by atoms with Crippen LogP contribution in [0, 0.1) is 5.92 Å². The summed E-state index contributed by atoms with van der Waals surface area (Å²) in [6.45, 7) is 2.28. The van der Waals surface area contributed by atoms with Gasteiger partial charge in [-0.15, -0.1) is 0 Å². The number of rotatable bonds is 8.